The molecule has 0 bridgehead atoms. The molecule has 3 nitrogen and oxygen atoms in total. The summed E-state index contributed by atoms with van der Waals surface area (Å²) in [6.07, 6.45) is 1.73. The SMILES string of the molecule is COc1cccc(F)c1C(C)Nc1ccnc(C)c1. The van der Waals surface area contributed by atoms with E-state index in [0.717, 1.165) is 11.4 Å². The van der Waals surface area contributed by atoms with Gasteiger partial charge in [-0.25, -0.2) is 4.39 Å². The van der Waals surface area contributed by atoms with Crippen molar-refractivity contribution < 1.29 is 9.13 Å². The Labute approximate surface area is 112 Å². The van der Waals surface area contributed by atoms with Crippen LogP contribution in [0.3, 0.4) is 0 Å². The topological polar surface area (TPSA) is 34.1 Å². The van der Waals surface area contributed by atoms with Crippen LogP contribution in [-0.4, -0.2) is 12.1 Å². The fourth-order valence-electron chi connectivity index (χ4n) is 2.07. The average molecular weight is 260 g/mol. The maximum Gasteiger partial charge on any atom is 0.132 e. The second-order valence-corrected chi connectivity index (χ2v) is 4.41. The summed E-state index contributed by atoms with van der Waals surface area (Å²) in [6.45, 7) is 3.82. The van der Waals surface area contributed by atoms with Gasteiger partial charge >= 0.3 is 0 Å². The number of pyridine rings is 1. The van der Waals surface area contributed by atoms with Gasteiger partial charge in [0.1, 0.15) is 11.6 Å². The van der Waals surface area contributed by atoms with Gasteiger partial charge in [-0.05, 0) is 38.1 Å². The number of nitrogens with zero attached hydrogens (tertiary/aromatic N) is 1. The van der Waals surface area contributed by atoms with Gasteiger partial charge < -0.3 is 10.1 Å². The number of nitrogens with one attached hydrogen (secondary N) is 1. The highest BCUT2D eigenvalue weighted by Crippen LogP contribution is 2.30. The fourth-order valence-corrected chi connectivity index (χ4v) is 2.07. The van der Waals surface area contributed by atoms with Crippen molar-refractivity contribution in [3.8, 4) is 5.75 Å². The summed E-state index contributed by atoms with van der Waals surface area (Å²) < 4.78 is 19.2. The summed E-state index contributed by atoms with van der Waals surface area (Å²) in [6, 6.07) is 8.42. The predicted octanol–water partition coefficient (Wildman–Crippen LogP) is 3.71. The third kappa shape index (κ3) is 3.02. The van der Waals surface area contributed by atoms with Crippen molar-refractivity contribution in [1.82, 2.24) is 4.98 Å². The third-order valence-electron chi connectivity index (χ3n) is 2.95. The Morgan fingerprint density at radius 3 is 2.79 bits per heavy atom. The van der Waals surface area contributed by atoms with Gasteiger partial charge in [-0.2, -0.15) is 0 Å². The molecule has 4 heteroatoms. The molecule has 1 aromatic carbocycles. The van der Waals surface area contributed by atoms with Crippen LogP contribution in [0.4, 0.5) is 10.1 Å². The molecule has 1 aromatic heterocycles. The van der Waals surface area contributed by atoms with Crippen LogP contribution in [0.25, 0.3) is 0 Å². The highest BCUT2D eigenvalue weighted by molar-refractivity contribution is 5.48. The summed E-state index contributed by atoms with van der Waals surface area (Å²) in [4.78, 5) is 4.13. The van der Waals surface area contributed by atoms with Crippen molar-refractivity contribution in [3.05, 3.63) is 53.6 Å². The van der Waals surface area contributed by atoms with E-state index in [4.69, 9.17) is 4.74 Å². The van der Waals surface area contributed by atoms with Crippen molar-refractivity contribution in [1.29, 1.82) is 0 Å². The lowest BCUT2D eigenvalue weighted by Gasteiger charge is -2.19. The first-order valence-corrected chi connectivity index (χ1v) is 6.13. The summed E-state index contributed by atoms with van der Waals surface area (Å²) >= 11 is 0. The van der Waals surface area contributed by atoms with Gasteiger partial charge in [0.25, 0.3) is 0 Å². The number of methoxy groups -OCH3 is 1. The van der Waals surface area contributed by atoms with E-state index < -0.39 is 0 Å². The number of hydrogen-bond donors (Lipinski definition) is 1. The molecule has 0 saturated heterocycles. The average Bonchev–Trinajstić information content (AvgIpc) is 2.38. The highest BCUT2D eigenvalue weighted by Gasteiger charge is 2.16. The van der Waals surface area contributed by atoms with Gasteiger partial charge in [-0.1, -0.05) is 6.07 Å². The number of ether oxygens (including phenoxy) is 1. The quantitative estimate of drug-likeness (QED) is 0.910. The lowest BCUT2D eigenvalue weighted by molar-refractivity contribution is 0.402. The second-order valence-electron chi connectivity index (χ2n) is 4.41. The van der Waals surface area contributed by atoms with Crippen molar-refractivity contribution in [2.75, 3.05) is 12.4 Å². The third-order valence-corrected chi connectivity index (χ3v) is 2.95. The molecule has 0 saturated carbocycles. The molecule has 0 spiro atoms. The zero-order chi connectivity index (χ0) is 13.8. The summed E-state index contributed by atoms with van der Waals surface area (Å²) in [7, 11) is 1.54. The van der Waals surface area contributed by atoms with Gasteiger partial charge in [0.2, 0.25) is 0 Å². The molecule has 0 aliphatic rings. The monoisotopic (exact) mass is 260 g/mol. The van der Waals surface area contributed by atoms with Gasteiger partial charge in [-0.15, -0.1) is 0 Å². The van der Waals surface area contributed by atoms with E-state index in [0.29, 0.717) is 11.3 Å². The Morgan fingerprint density at radius 1 is 1.32 bits per heavy atom. The lowest BCUT2D eigenvalue weighted by atomic mass is 10.1. The summed E-state index contributed by atoms with van der Waals surface area (Å²) in [5.74, 6) is 0.274. The number of aromatic nitrogens is 1. The molecular weight excluding hydrogens is 243 g/mol. The van der Waals surface area contributed by atoms with Gasteiger partial charge in [0, 0.05) is 17.6 Å². The van der Waals surface area contributed by atoms with Gasteiger partial charge in [0.15, 0.2) is 0 Å². The Morgan fingerprint density at radius 2 is 2.11 bits per heavy atom. The van der Waals surface area contributed by atoms with E-state index in [-0.39, 0.29) is 11.9 Å². The minimum atomic E-state index is -0.273. The molecule has 2 aromatic rings. The van der Waals surface area contributed by atoms with Crippen LogP contribution in [0.5, 0.6) is 5.75 Å². The van der Waals surface area contributed by atoms with Crippen LogP contribution in [0.2, 0.25) is 0 Å². The highest BCUT2D eigenvalue weighted by atomic mass is 19.1. The van der Waals surface area contributed by atoms with E-state index >= 15 is 0 Å². The van der Waals surface area contributed by atoms with E-state index in [1.54, 1.807) is 25.4 Å². The van der Waals surface area contributed by atoms with E-state index in [1.165, 1.54) is 6.07 Å². The van der Waals surface area contributed by atoms with Crippen molar-refractivity contribution in [3.63, 3.8) is 0 Å². The van der Waals surface area contributed by atoms with Crippen LogP contribution in [0, 0.1) is 12.7 Å². The maximum atomic E-state index is 13.9. The van der Waals surface area contributed by atoms with Crippen LogP contribution in [0.15, 0.2) is 36.5 Å². The van der Waals surface area contributed by atoms with E-state index in [1.807, 2.05) is 26.0 Å². The molecule has 19 heavy (non-hydrogen) atoms. The van der Waals surface area contributed by atoms with E-state index in [9.17, 15) is 4.39 Å². The molecular formula is C15H17FN2O. The Balaban J connectivity index is 2.27. The molecule has 2 rings (SSSR count). The number of aryl methyl sites for hydroxylation is 1. The van der Waals surface area contributed by atoms with Crippen LogP contribution in [-0.2, 0) is 0 Å². The predicted molar refractivity (Wildman–Crippen MR) is 74.0 cm³/mol. The number of rotatable bonds is 4. The maximum absolute atomic E-state index is 13.9. The number of benzene rings is 1. The molecule has 0 amide bonds. The minimum absolute atomic E-state index is 0.196. The fraction of sp³-hybridized carbons (Fsp3) is 0.267. The first-order valence-electron chi connectivity index (χ1n) is 6.13. The second kappa shape index (κ2) is 5.69. The first-order chi connectivity index (χ1) is 9.11. The Hall–Kier alpha value is -2.10. The molecule has 0 aliphatic carbocycles. The molecule has 1 heterocycles. The smallest absolute Gasteiger partial charge is 0.132 e. The number of anilines is 1. The number of halogens is 1. The normalized spacial score (nSPS) is 12.0. The first kappa shape index (κ1) is 13.3. The van der Waals surface area contributed by atoms with Crippen LogP contribution < -0.4 is 10.1 Å². The van der Waals surface area contributed by atoms with Crippen LogP contribution >= 0.6 is 0 Å². The van der Waals surface area contributed by atoms with Gasteiger partial charge in [-0.3, -0.25) is 4.98 Å². The standard InChI is InChI=1S/C15H17FN2O/c1-10-9-12(7-8-17-10)18-11(2)15-13(16)5-4-6-14(15)19-3/h4-9,11H,1-3H3,(H,17,18). The molecule has 1 N–H and O–H groups in total. The molecule has 1 unspecified atom stereocenters. The molecule has 0 fully saturated rings. The van der Waals surface area contributed by atoms with Crippen LogP contribution in [0.1, 0.15) is 24.2 Å². The molecule has 100 valence electrons. The minimum Gasteiger partial charge on any atom is -0.496 e. The molecule has 0 radical (unpaired) electrons. The van der Waals surface area contributed by atoms with Crippen molar-refractivity contribution in [2.24, 2.45) is 0 Å². The lowest BCUT2D eigenvalue weighted by Crippen LogP contribution is -2.10. The molecule has 1 atom stereocenters. The van der Waals surface area contributed by atoms with Gasteiger partial charge in [0.05, 0.1) is 18.7 Å². The Kier molecular flexibility index (Phi) is 4.00. The van der Waals surface area contributed by atoms with E-state index in [2.05, 4.69) is 10.3 Å². The summed E-state index contributed by atoms with van der Waals surface area (Å²) in [5, 5.41) is 3.25. The summed E-state index contributed by atoms with van der Waals surface area (Å²) in [5.41, 5.74) is 2.35. The molecule has 0 aliphatic heterocycles. The zero-order valence-electron chi connectivity index (χ0n) is 11.3. The van der Waals surface area contributed by atoms with Crippen molar-refractivity contribution >= 4 is 5.69 Å². The Bertz CT molecular complexity index is 572. The largest absolute Gasteiger partial charge is 0.496 e. The zero-order valence-corrected chi connectivity index (χ0v) is 11.3. The number of hydrogen-bond acceptors (Lipinski definition) is 3. The van der Waals surface area contributed by atoms with Crippen molar-refractivity contribution in [2.45, 2.75) is 19.9 Å².